The van der Waals surface area contributed by atoms with Crippen molar-refractivity contribution in [2.45, 2.75) is 78.2 Å². The smallest absolute Gasteiger partial charge is 0.312 e. The Hall–Kier alpha value is -4.02. The van der Waals surface area contributed by atoms with E-state index in [9.17, 15) is 28.8 Å². The molecule has 1 aliphatic rings. The first-order valence-corrected chi connectivity index (χ1v) is 14.3. The van der Waals surface area contributed by atoms with Gasteiger partial charge in [-0.2, -0.15) is 0 Å². The first-order valence-electron chi connectivity index (χ1n) is 14.3. The molecule has 1 aromatic rings. The highest BCUT2D eigenvalue weighted by atomic mass is 16.2. The average molecular weight is 570 g/mol. The Balaban J connectivity index is 1.92. The Bertz CT molecular complexity index is 1100. The number of hydrogen-bond acceptors (Lipinski definition) is 6. The number of urea groups is 1. The fraction of sp³-hybridized carbons (Fsp3) is 0.533. The van der Waals surface area contributed by atoms with Crippen molar-refractivity contribution in [3.8, 4) is 0 Å². The highest BCUT2D eigenvalue weighted by Gasteiger charge is 2.29. The molecule has 0 radical (unpaired) electrons. The zero-order chi connectivity index (χ0) is 30.4. The fourth-order valence-electron chi connectivity index (χ4n) is 4.57. The van der Waals surface area contributed by atoms with Crippen LogP contribution in [0.2, 0.25) is 0 Å². The molecule has 0 saturated heterocycles. The van der Waals surface area contributed by atoms with Gasteiger partial charge >= 0.3 is 6.03 Å². The van der Waals surface area contributed by atoms with Gasteiger partial charge in [0.1, 0.15) is 0 Å². The number of nitrogens with one attached hydrogen (secondary N) is 3. The molecular weight excluding hydrogens is 526 g/mol. The summed E-state index contributed by atoms with van der Waals surface area (Å²) in [5.74, 6) is -2.31. The summed E-state index contributed by atoms with van der Waals surface area (Å²) in [5, 5.41) is 8.21. The second kappa shape index (κ2) is 16.9. The van der Waals surface area contributed by atoms with Crippen LogP contribution in [0.25, 0.3) is 0 Å². The molecule has 0 unspecified atom stereocenters. The molecule has 0 fully saturated rings. The number of Topliss-reactive ketones (excluding diaryl/α,β-unsaturated/α-hetero) is 1. The third-order valence-corrected chi connectivity index (χ3v) is 6.99. The Labute approximate surface area is 241 Å². The molecular formula is C30H43N5O6. The van der Waals surface area contributed by atoms with E-state index in [1.807, 2.05) is 45.0 Å². The fourth-order valence-corrected chi connectivity index (χ4v) is 4.57. The van der Waals surface area contributed by atoms with Crippen molar-refractivity contribution in [3.05, 3.63) is 42.0 Å². The summed E-state index contributed by atoms with van der Waals surface area (Å²) in [5.41, 5.74) is 6.89. The van der Waals surface area contributed by atoms with Crippen LogP contribution in [-0.2, 0) is 30.4 Å². The molecule has 0 spiro atoms. The molecule has 6 amide bonds. The van der Waals surface area contributed by atoms with Crippen LogP contribution in [0.15, 0.2) is 36.4 Å². The number of hydrogen-bond donors (Lipinski definition) is 4. The highest BCUT2D eigenvalue weighted by Crippen LogP contribution is 2.19. The standard InChI is InChI=1S/C30H43N5O6/c1-4-21-11-13-23(14-12-21)33-29(40)22(9-8-17-32-30(31)41)19-24(36)28(20(2)3)34-25(37)10-6-5-7-18-35-26(38)15-16-27(35)39/h11-16,20,22,28H,4-10,17-19H2,1-3H3,(H,33,40)(H,34,37)(H3,31,32,41)/t22-,28+/m1/s1. The Morgan fingerprint density at radius 2 is 1.59 bits per heavy atom. The van der Waals surface area contributed by atoms with Crippen LogP contribution in [0.5, 0.6) is 0 Å². The van der Waals surface area contributed by atoms with Gasteiger partial charge in [-0.25, -0.2) is 4.79 Å². The Morgan fingerprint density at radius 1 is 0.927 bits per heavy atom. The number of amides is 6. The lowest BCUT2D eigenvalue weighted by atomic mass is 9.89. The van der Waals surface area contributed by atoms with Gasteiger partial charge in [-0.1, -0.05) is 39.3 Å². The number of primary amides is 1. The summed E-state index contributed by atoms with van der Waals surface area (Å²) in [6.07, 6.45) is 6.07. The van der Waals surface area contributed by atoms with Gasteiger partial charge in [0.25, 0.3) is 11.8 Å². The Kier molecular flexibility index (Phi) is 13.7. The van der Waals surface area contributed by atoms with Crippen molar-refractivity contribution < 1.29 is 28.8 Å². The Morgan fingerprint density at radius 3 is 2.17 bits per heavy atom. The van der Waals surface area contributed by atoms with Crippen LogP contribution in [0.3, 0.4) is 0 Å². The molecule has 41 heavy (non-hydrogen) atoms. The van der Waals surface area contributed by atoms with Gasteiger partial charge in [-0.15, -0.1) is 0 Å². The van der Waals surface area contributed by atoms with Gasteiger partial charge < -0.3 is 21.7 Å². The minimum atomic E-state index is -0.753. The minimum Gasteiger partial charge on any atom is -0.352 e. The van der Waals surface area contributed by atoms with Gasteiger partial charge in [0.05, 0.1) is 6.04 Å². The van der Waals surface area contributed by atoms with Gasteiger partial charge in [0.2, 0.25) is 11.8 Å². The molecule has 224 valence electrons. The number of aryl methyl sites for hydroxylation is 1. The summed E-state index contributed by atoms with van der Waals surface area (Å²) in [4.78, 5) is 74.6. The molecule has 1 heterocycles. The molecule has 1 aromatic carbocycles. The summed E-state index contributed by atoms with van der Waals surface area (Å²) < 4.78 is 0. The van der Waals surface area contributed by atoms with Gasteiger partial charge in [0.15, 0.2) is 5.78 Å². The highest BCUT2D eigenvalue weighted by molar-refractivity contribution is 6.12. The van der Waals surface area contributed by atoms with Gasteiger partial charge in [0, 0.05) is 49.7 Å². The van der Waals surface area contributed by atoms with Crippen molar-refractivity contribution in [1.29, 1.82) is 0 Å². The number of nitrogens with two attached hydrogens (primary N) is 1. The lowest BCUT2D eigenvalue weighted by molar-refractivity contribution is -0.137. The quantitative estimate of drug-likeness (QED) is 0.157. The molecule has 11 nitrogen and oxygen atoms in total. The first kappa shape index (κ1) is 33.2. The molecule has 5 N–H and O–H groups in total. The second-order valence-electron chi connectivity index (χ2n) is 10.6. The van der Waals surface area contributed by atoms with E-state index in [1.54, 1.807) is 0 Å². The van der Waals surface area contributed by atoms with Crippen LogP contribution in [0, 0.1) is 11.8 Å². The van der Waals surface area contributed by atoms with Crippen molar-refractivity contribution in [2.75, 3.05) is 18.4 Å². The van der Waals surface area contributed by atoms with E-state index in [4.69, 9.17) is 5.73 Å². The van der Waals surface area contributed by atoms with E-state index in [0.717, 1.165) is 12.0 Å². The number of carbonyl (C=O) groups is 6. The molecule has 0 saturated carbocycles. The van der Waals surface area contributed by atoms with Crippen LogP contribution in [0.1, 0.15) is 71.3 Å². The molecule has 0 aromatic heterocycles. The molecule has 1 aliphatic heterocycles. The average Bonchev–Trinajstić information content (AvgIpc) is 3.25. The maximum atomic E-state index is 13.3. The summed E-state index contributed by atoms with van der Waals surface area (Å²) in [6, 6.07) is 6.09. The normalized spacial score (nSPS) is 14.2. The molecule has 2 atom stereocenters. The second-order valence-corrected chi connectivity index (χ2v) is 10.6. The van der Waals surface area contributed by atoms with E-state index in [-0.39, 0.29) is 54.7 Å². The number of unbranched alkanes of at least 4 members (excludes halogenated alkanes) is 2. The van der Waals surface area contributed by atoms with E-state index < -0.39 is 18.0 Å². The number of imide groups is 1. The summed E-state index contributed by atoms with van der Waals surface area (Å²) in [6.45, 7) is 6.29. The largest absolute Gasteiger partial charge is 0.352 e. The zero-order valence-corrected chi connectivity index (χ0v) is 24.2. The van der Waals surface area contributed by atoms with E-state index in [0.29, 0.717) is 44.3 Å². The number of carbonyl (C=O) groups excluding carboxylic acids is 6. The number of nitrogens with zero attached hydrogens (tertiary/aromatic N) is 1. The van der Waals surface area contributed by atoms with Crippen LogP contribution in [-0.4, -0.2) is 59.5 Å². The molecule has 11 heteroatoms. The monoisotopic (exact) mass is 569 g/mol. The van der Waals surface area contributed by atoms with Crippen molar-refractivity contribution >= 4 is 41.1 Å². The lowest BCUT2D eigenvalue weighted by Crippen LogP contribution is -2.45. The minimum absolute atomic E-state index is 0.0650. The predicted octanol–water partition coefficient (Wildman–Crippen LogP) is 2.84. The SMILES string of the molecule is CCc1ccc(NC(=O)[C@H](CCCNC(N)=O)CC(=O)[C@@H](NC(=O)CCCCCN2C(=O)C=CC2=O)C(C)C)cc1. The number of benzene rings is 1. The first-order chi connectivity index (χ1) is 19.5. The van der Waals surface area contributed by atoms with Crippen molar-refractivity contribution in [2.24, 2.45) is 17.6 Å². The van der Waals surface area contributed by atoms with E-state index in [1.165, 1.54) is 17.1 Å². The lowest BCUT2D eigenvalue weighted by Gasteiger charge is -2.24. The maximum Gasteiger partial charge on any atom is 0.312 e. The predicted molar refractivity (Wildman–Crippen MR) is 155 cm³/mol. The molecule has 0 bridgehead atoms. The van der Waals surface area contributed by atoms with Crippen molar-refractivity contribution in [3.63, 3.8) is 0 Å². The maximum absolute atomic E-state index is 13.3. The topological polar surface area (TPSA) is 168 Å². The van der Waals surface area contributed by atoms with Gasteiger partial charge in [-0.3, -0.25) is 28.9 Å². The van der Waals surface area contributed by atoms with Crippen molar-refractivity contribution in [1.82, 2.24) is 15.5 Å². The van der Waals surface area contributed by atoms with E-state index in [2.05, 4.69) is 16.0 Å². The zero-order valence-electron chi connectivity index (χ0n) is 24.2. The van der Waals surface area contributed by atoms with Gasteiger partial charge in [-0.05, 0) is 55.7 Å². The number of rotatable bonds is 18. The third kappa shape index (κ3) is 11.5. The molecule has 2 rings (SSSR count). The number of anilines is 1. The summed E-state index contributed by atoms with van der Waals surface area (Å²) >= 11 is 0. The van der Waals surface area contributed by atoms with Crippen LogP contribution < -0.4 is 21.7 Å². The molecule has 0 aliphatic carbocycles. The van der Waals surface area contributed by atoms with Crippen LogP contribution in [0.4, 0.5) is 10.5 Å². The van der Waals surface area contributed by atoms with Crippen LogP contribution >= 0.6 is 0 Å². The number of ketones is 1. The van der Waals surface area contributed by atoms with E-state index >= 15 is 0 Å². The third-order valence-electron chi connectivity index (χ3n) is 6.99. The summed E-state index contributed by atoms with van der Waals surface area (Å²) in [7, 11) is 0.